The van der Waals surface area contributed by atoms with Crippen molar-refractivity contribution in [1.29, 1.82) is 0 Å². The Kier molecular flexibility index (Phi) is 5.58. The smallest absolute Gasteiger partial charge is 0.253 e. The summed E-state index contributed by atoms with van der Waals surface area (Å²) < 4.78 is 0. The first-order valence-corrected chi connectivity index (χ1v) is 7.88. The van der Waals surface area contributed by atoms with Crippen LogP contribution in [0.4, 0.5) is 0 Å². The Hall–Kier alpha value is -0.710. The largest absolute Gasteiger partial charge is 0.276 e. The summed E-state index contributed by atoms with van der Waals surface area (Å²) in [6, 6.07) is 9.82. The summed E-state index contributed by atoms with van der Waals surface area (Å²) in [5, 5.41) is -0.661. The summed E-state index contributed by atoms with van der Waals surface area (Å²) in [4.78, 5) is 23.8. The second-order valence-corrected chi connectivity index (χ2v) is 6.58. The van der Waals surface area contributed by atoms with Crippen LogP contribution in [-0.2, 0) is 0 Å². The van der Waals surface area contributed by atoms with Gasteiger partial charge in [-0.25, -0.2) is 0 Å². The molecule has 0 unspecified atom stereocenters. The minimum atomic E-state index is -0.607. The first kappa shape index (κ1) is 16.7. The Morgan fingerprint density at radius 3 is 1.43 bits per heavy atom. The van der Waals surface area contributed by atoms with Gasteiger partial charge in [0, 0.05) is 9.79 Å². The SMILES string of the molecule is O=C(Cl)c1ccc(Sc2ccc(C(=O)Cl)c(Cl)c2)cc1Cl. The molecule has 2 rings (SSSR count). The molecule has 7 heteroatoms. The van der Waals surface area contributed by atoms with Crippen molar-refractivity contribution in [2.24, 2.45) is 0 Å². The van der Waals surface area contributed by atoms with E-state index < -0.39 is 10.5 Å². The van der Waals surface area contributed by atoms with E-state index in [4.69, 9.17) is 46.4 Å². The molecule has 2 aromatic rings. The van der Waals surface area contributed by atoms with Crippen LogP contribution in [-0.4, -0.2) is 10.5 Å². The molecule has 108 valence electrons. The minimum absolute atomic E-state index is 0.254. The average molecular weight is 380 g/mol. The van der Waals surface area contributed by atoms with E-state index in [2.05, 4.69) is 0 Å². The molecule has 0 radical (unpaired) electrons. The maximum atomic E-state index is 11.1. The third-order valence-corrected chi connectivity index (χ3v) is 4.55. The lowest BCUT2D eigenvalue weighted by molar-refractivity contribution is 0.107. The molecular formula is C14H6Cl4O2S. The van der Waals surface area contributed by atoms with Crippen LogP contribution in [0.1, 0.15) is 20.7 Å². The zero-order chi connectivity index (χ0) is 15.6. The van der Waals surface area contributed by atoms with Gasteiger partial charge in [0.25, 0.3) is 10.5 Å². The monoisotopic (exact) mass is 378 g/mol. The van der Waals surface area contributed by atoms with Crippen molar-refractivity contribution in [2.75, 3.05) is 0 Å². The molecule has 0 aliphatic heterocycles. The van der Waals surface area contributed by atoms with Gasteiger partial charge in [-0.2, -0.15) is 0 Å². The molecule has 0 fully saturated rings. The number of hydrogen-bond donors (Lipinski definition) is 0. The van der Waals surface area contributed by atoms with Crippen LogP contribution in [0.5, 0.6) is 0 Å². The molecule has 0 N–H and O–H groups in total. The lowest BCUT2D eigenvalue weighted by atomic mass is 10.2. The summed E-state index contributed by atoms with van der Waals surface area (Å²) in [6.45, 7) is 0. The Morgan fingerprint density at radius 1 is 0.762 bits per heavy atom. The van der Waals surface area contributed by atoms with Gasteiger partial charge in [0.15, 0.2) is 0 Å². The van der Waals surface area contributed by atoms with E-state index in [1.165, 1.54) is 11.8 Å². The molecule has 0 spiro atoms. The molecule has 0 saturated heterocycles. The number of carbonyl (C=O) groups excluding carboxylic acids is 2. The normalized spacial score (nSPS) is 10.5. The molecule has 0 aliphatic rings. The molecule has 2 aromatic carbocycles. The average Bonchev–Trinajstić information content (AvgIpc) is 2.37. The number of carbonyl (C=O) groups is 2. The highest BCUT2D eigenvalue weighted by molar-refractivity contribution is 7.99. The van der Waals surface area contributed by atoms with E-state index >= 15 is 0 Å². The molecule has 0 aromatic heterocycles. The Labute approximate surface area is 145 Å². The third kappa shape index (κ3) is 4.15. The van der Waals surface area contributed by atoms with E-state index in [9.17, 15) is 9.59 Å². The zero-order valence-electron chi connectivity index (χ0n) is 10.2. The number of benzene rings is 2. The lowest BCUT2D eigenvalue weighted by Gasteiger charge is -2.06. The van der Waals surface area contributed by atoms with Gasteiger partial charge >= 0.3 is 0 Å². The molecule has 0 aliphatic carbocycles. The molecule has 0 atom stereocenters. The van der Waals surface area contributed by atoms with Gasteiger partial charge in [0.05, 0.1) is 21.2 Å². The molecule has 2 nitrogen and oxygen atoms in total. The second kappa shape index (κ2) is 7.03. The summed E-state index contributed by atoms with van der Waals surface area (Å²) in [5.74, 6) is 0. The highest BCUT2D eigenvalue weighted by Crippen LogP contribution is 2.33. The van der Waals surface area contributed by atoms with Crippen LogP contribution in [0.25, 0.3) is 0 Å². The van der Waals surface area contributed by atoms with Gasteiger partial charge in [0.1, 0.15) is 0 Å². The Morgan fingerprint density at radius 2 is 1.14 bits per heavy atom. The van der Waals surface area contributed by atoms with E-state index in [0.29, 0.717) is 0 Å². The topological polar surface area (TPSA) is 34.1 Å². The fraction of sp³-hybridized carbons (Fsp3) is 0. The van der Waals surface area contributed by atoms with Crippen LogP contribution >= 0.6 is 58.2 Å². The van der Waals surface area contributed by atoms with Crippen molar-refractivity contribution >= 4 is 68.7 Å². The summed E-state index contributed by atoms with van der Waals surface area (Å²) in [7, 11) is 0. The van der Waals surface area contributed by atoms with Crippen molar-refractivity contribution in [3.05, 3.63) is 57.6 Å². The quantitative estimate of drug-likeness (QED) is 0.620. The van der Waals surface area contributed by atoms with Gasteiger partial charge in [-0.3, -0.25) is 9.59 Å². The maximum Gasteiger partial charge on any atom is 0.253 e. The van der Waals surface area contributed by atoms with Crippen molar-refractivity contribution in [2.45, 2.75) is 9.79 Å². The molecule has 0 heterocycles. The second-order valence-electron chi connectivity index (χ2n) is 3.93. The maximum absolute atomic E-state index is 11.1. The van der Waals surface area contributed by atoms with Crippen LogP contribution in [0.3, 0.4) is 0 Å². The number of halogens is 4. The molecule has 21 heavy (non-hydrogen) atoms. The summed E-state index contributed by atoms with van der Waals surface area (Å²) in [6.07, 6.45) is 0. The van der Waals surface area contributed by atoms with Gasteiger partial charge < -0.3 is 0 Å². The summed E-state index contributed by atoms with van der Waals surface area (Å²) >= 11 is 24.1. The highest BCUT2D eigenvalue weighted by atomic mass is 35.5. The van der Waals surface area contributed by atoms with Crippen LogP contribution in [0.2, 0.25) is 10.0 Å². The molecule has 0 bridgehead atoms. The van der Waals surface area contributed by atoms with E-state index in [1.54, 1.807) is 36.4 Å². The van der Waals surface area contributed by atoms with Crippen molar-refractivity contribution in [3.63, 3.8) is 0 Å². The Bertz CT molecular complexity index is 669. The fourth-order valence-electron chi connectivity index (χ4n) is 1.57. The van der Waals surface area contributed by atoms with Crippen molar-refractivity contribution in [3.8, 4) is 0 Å². The van der Waals surface area contributed by atoms with Gasteiger partial charge in [-0.1, -0.05) is 35.0 Å². The molecular weight excluding hydrogens is 374 g/mol. The number of rotatable bonds is 4. The lowest BCUT2D eigenvalue weighted by Crippen LogP contribution is -1.91. The predicted molar refractivity (Wildman–Crippen MR) is 87.4 cm³/mol. The van der Waals surface area contributed by atoms with Crippen molar-refractivity contribution < 1.29 is 9.59 Å². The predicted octanol–water partition coefficient (Wildman–Crippen LogP) is 5.90. The van der Waals surface area contributed by atoms with Crippen LogP contribution < -0.4 is 0 Å². The van der Waals surface area contributed by atoms with Gasteiger partial charge in [0.2, 0.25) is 0 Å². The first-order valence-electron chi connectivity index (χ1n) is 5.55. The van der Waals surface area contributed by atoms with Gasteiger partial charge in [-0.05, 0) is 59.6 Å². The van der Waals surface area contributed by atoms with E-state index in [0.717, 1.165) is 9.79 Å². The molecule has 0 amide bonds. The zero-order valence-corrected chi connectivity index (χ0v) is 14.0. The van der Waals surface area contributed by atoms with Gasteiger partial charge in [-0.15, -0.1) is 0 Å². The highest BCUT2D eigenvalue weighted by Gasteiger charge is 2.11. The van der Waals surface area contributed by atoms with Crippen LogP contribution in [0, 0.1) is 0 Å². The number of hydrogen-bond acceptors (Lipinski definition) is 3. The standard InChI is InChI=1S/C14H6Cl4O2S/c15-11-5-7(1-3-9(11)13(17)19)21-8-2-4-10(14(18)20)12(16)6-8/h1-6H. The fourth-order valence-corrected chi connectivity index (χ4v) is 3.56. The van der Waals surface area contributed by atoms with Crippen LogP contribution in [0.15, 0.2) is 46.2 Å². The summed E-state index contributed by atoms with van der Waals surface area (Å²) in [5.41, 5.74) is 0.507. The Balaban J connectivity index is 2.26. The molecule has 0 saturated carbocycles. The van der Waals surface area contributed by atoms with E-state index in [-0.39, 0.29) is 21.2 Å². The van der Waals surface area contributed by atoms with Crippen molar-refractivity contribution in [1.82, 2.24) is 0 Å². The third-order valence-electron chi connectivity index (χ3n) is 2.54. The van der Waals surface area contributed by atoms with E-state index in [1.807, 2.05) is 0 Å². The first-order chi connectivity index (χ1) is 9.88. The minimum Gasteiger partial charge on any atom is -0.276 e.